The van der Waals surface area contributed by atoms with Crippen molar-refractivity contribution in [2.75, 3.05) is 7.11 Å². The first-order valence-corrected chi connectivity index (χ1v) is 7.51. The van der Waals surface area contributed by atoms with E-state index in [0.717, 1.165) is 0 Å². The van der Waals surface area contributed by atoms with E-state index in [-0.39, 0.29) is 11.3 Å². The highest BCUT2D eigenvalue weighted by molar-refractivity contribution is 6.06. The Morgan fingerprint density at radius 2 is 2.08 bits per heavy atom. The Morgan fingerprint density at radius 3 is 2.64 bits per heavy atom. The number of nitrogens with one attached hydrogen (secondary N) is 1. The highest BCUT2D eigenvalue weighted by Gasteiger charge is 2.35. The number of hydrogen-bond acceptors (Lipinski definition) is 7. The van der Waals surface area contributed by atoms with Crippen molar-refractivity contribution in [1.29, 1.82) is 0 Å². The average molecular weight is 345 g/mol. The molecular formula is C17H19N3O5. The topological polar surface area (TPSA) is 114 Å². The van der Waals surface area contributed by atoms with Crippen LogP contribution < -0.4 is 5.48 Å². The first-order valence-electron chi connectivity index (χ1n) is 7.51. The van der Waals surface area contributed by atoms with Crippen LogP contribution in [0.5, 0.6) is 0 Å². The second-order valence-corrected chi connectivity index (χ2v) is 5.62. The molecule has 0 bridgehead atoms. The van der Waals surface area contributed by atoms with Crippen LogP contribution in [0.4, 0.5) is 5.69 Å². The fourth-order valence-electron chi connectivity index (χ4n) is 3.01. The van der Waals surface area contributed by atoms with Crippen molar-refractivity contribution in [1.82, 2.24) is 5.48 Å². The van der Waals surface area contributed by atoms with Gasteiger partial charge in [0.25, 0.3) is 5.69 Å². The van der Waals surface area contributed by atoms with Crippen molar-refractivity contribution in [3.05, 3.63) is 62.5 Å². The molecule has 1 atom stereocenters. The largest absolute Gasteiger partial charge is 0.466 e. The SMILES string of the molecule is COC(=O)C1=C(C)N=C(C)/C(=C(/C)NO)C1c1cccc([N+](=O)[O-])c1. The third kappa shape index (κ3) is 3.43. The van der Waals surface area contributed by atoms with E-state index in [1.807, 2.05) is 0 Å². The summed E-state index contributed by atoms with van der Waals surface area (Å²) in [6, 6.07) is 6.03. The number of nitrogens with zero attached hydrogens (tertiary/aromatic N) is 2. The minimum absolute atomic E-state index is 0.0894. The zero-order valence-electron chi connectivity index (χ0n) is 14.4. The van der Waals surface area contributed by atoms with Gasteiger partial charge in [-0.1, -0.05) is 12.1 Å². The van der Waals surface area contributed by atoms with E-state index in [1.54, 1.807) is 32.9 Å². The molecule has 2 rings (SSSR count). The molecule has 1 aromatic carbocycles. The molecule has 0 aliphatic carbocycles. The molecular weight excluding hydrogens is 326 g/mol. The number of carbonyl (C=O) groups excluding carboxylic acids is 1. The molecule has 8 nitrogen and oxygen atoms in total. The van der Waals surface area contributed by atoms with Gasteiger partial charge in [-0.25, -0.2) is 4.79 Å². The van der Waals surface area contributed by atoms with Crippen LogP contribution in [-0.2, 0) is 9.53 Å². The van der Waals surface area contributed by atoms with Gasteiger partial charge >= 0.3 is 5.97 Å². The molecule has 0 radical (unpaired) electrons. The third-order valence-electron chi connectivity index (χ3n) is 4.08. The fraction of sp³-hybridized carbons (Fsp3) is 0.294. The molecule has 25 heavy (non-hydrogen) atoms. The summed E-state index contributed by atoms with van der Waals surface area (Å²) in [7, 11) is 1.26. The second-order valence-electron chi connectivity index (χ2n) is 5.62. The molecule has 0 saturated carbocycles. The van der Waals surface area contributed by atoms with Crippen LogP contribution in [-0.4, -0.2) is 28.9 Å². The zero-order valence-corrected chi connectivity index (χ0v) is 14.4. The number of allylic oxidation sites excluding steroid dienone is 3. The summed E-state index contributed by atoms with van der Waals surface area (Å²) in [5, 5.41) is 20.5. The van der Waals surface area contributed by atoms with Gasteiger partial charge in [-0.2, -0.15) is 0 Å². The Morgan fingerprint density at radius 1 is 1.40 bits per heavy atom. The number of benzene rings is 1. The van der Waals surface area contributed by atoms with Crippen molar-refractivity contribution < 1.29 is 19.7 Å². The van der Waals surface area contributed by atoms with Crippen LogP contribution in [0.3, 0.4) is 0 Å². The summed E-state index contributed by atoms with van der Waals surface area (Å²) >= 11 is 0. The highest BCUT2D eigenvalue weighted by Crippen LogP contribution is 2.40. The lowest BCUT2D eigenvalue weighted by atomic mass is 9.79. The fourth-order valence-corrected chi connectivity index (χ4v) is 3.01. The summed E-state index contributed by atoms with van der Waals surface area (Å²) in [4.78, 5) is 27.3. The Balaban J connectivity index is 2.78. The number of nitro groups is 1. The molecule has 2 N–H and O–H groups in total. The number of carbonyl (C=O) groups is 1. The number of hydroxylamine groups is 1. The van der Waals surface area contributed by atoms with Gasteiger partial charge in [0.1, 0.15) is 0 Å². The number of hydrogen-bond donors (Lipinski definition) is 2. The van der Waals surface area contributed by atoms with Crippen LogP contribution in [0.15, 0.2) is 51.8 Å². The van der Waals surface area contributed by atoms with Crippen LogP contribution >= 0.6 is 0 Å². The van der Waals surface area contributed by atoms with Crippen LogP contribution in [0.2, 0.25) is 0 Å². The average Bonchev–Trinajstić information content (AvgIpc) is 2.59. The number of rotatable bonds is 4. The lowest BCUT2D eigenvalue weighted by Crippen LogP contribution is -2.26. The molecule has 1 aliphatic heterocycles. The Kier molecular flexibility index (Phi) is 5.33. The zero-order chi connectivity index (χ0) is 18.7. The molecule has 0 aromatic heterocycles. The maximum atomic E-state index is 12.4. The van der Waals surface area contributed by atoms with Gasteiger partial charge in [0.05, 0.1) is 17.6 Å². The Labute approximate surface area is 144 Å². The van der Waals surface area contributed by atoms with Crippen molar-refractivity contribution in [2.45, 2.75) is 26.7 Å². The first kappa shape index (κ1) is 18.3. The molecule has 1 aromatic rings. The molecule has 1 heterocycles. The monoisotopic (exact) mass is 345 g/mol. The van der Waals surface area contributed by atoms with Gasteiger partial charge < -0.3 is 4.74 Å². The van der Waals surface area contributed by atoms with Gasteiger partial charge in [0.15, 0.2) is 0 Å². The minimum Gasteiger partial charge on any atom is -0.466 e. The van der Waals surface area contributed by atoms with Gasteiger partial charge in [-0.05, 0) is 26.3 Å². The van der Waals surface area contributed by atoms with Crippen LogP contribution in [0.25, 0.3) is 0 Å². The lowest BCUT2D eigenvalue weighted by Gasteiger charge is -2.28. The molecule has 0 fully saturated rings. The van der Waals surface area contributed by atoms with Crippen molar-refractivity contribution in [3.8, 4) is 0 Å². The summed E-state index contributed by atoms with van der Waals surface area (Å²) in [6.07, 6.45) is 0. The van der Waals surface area contributed by atoms with Crippen LogP contribution in [0, 0.1) is 10.1 Å². The molecule has 132 valence electrons. The number of non-ortho nitro benzene ring substituents is 1. The maximum absolute atomic E-state index is 12.4. The third-order valence-corrected chi connectivity index (χ3v) is 4.08. The quantitative estimate of drug-likeness (QED) is 0.493. The van der Waals surface area contributed by atoms with Crippen molar-refractivity contribution in [3.63, 3.8) is 0 Å². The van der Waals surface area contributed by atoms with Crippen molar-refractivity contribution in [2.24, 2.45) is 4.99 Å². The molecule has 0 spiro atoms. The minimum atomic E-state index is -0.649. The number of ether oxygens (including phenoxy) is 1. The van der Waals surface area contributed by atoms with E-state index >= 15 is 0 Å². The van der Waals surface area contributed by atoms with E-state index < -0.39 is 16.8 Å². The summed E-state index contributed by atoms with van der Waals surface area (Å²) in [5.41, 5.74) is 4.83. The van der Waals surface area contributed by atoms with E-state index in [4.69, 9.17) is 4.74 Å². The number of nitro benzene ring substituents is 1. The maximum Gasteiger partial charge on any atom is 0.336 e. The summed E-state index contributed by atoms with van der Waals surface area (Å²) in [6.45, 7) is 5.06. The molecule has 0 amide bonds. The first-order chi connectivity index (χ1) is 11.8. The smallest absolute Gasteiger partial charge is 0.336 e. The van der Waals surface area contributed by atoms with E-state index in [9.17, 15) is 20.1 Å². The Hall–Kier alpha value is -3.00. The normalized spacial score (nSPS) is 19.2. The van der Waals surface area contributed by atoms with Gasteiger partial charge in [0.2, 0.25) is 0 Å². The summed E-state index contributed by atoms with van der Waals surface area (Å²) < 4.78 is 4.88. The van der Waals surface area contributed by atoms with Crippen molar-refractivity contribution >= 4 is 17.4 Å². The Bertz CT molecular complexity index is 823. The number of aliphatic imine (C=N–C) groups is 1. The number of esters is 1. The molecule has 1 aliphatic rings. The van der Waals surface area contributed by atoms with Gasteiger partial charge in [-0.3, -0.25) is 25.8 Å². The van der Waals surface area contributed by atoms with E-state index in [0.29, 0.717) is 28.2 Å². The number of methoxy groups -OCH3 is 1. The summed E-state index contributed by atoms with van der Waals surface area (Å²) in [5.74, 6) is -1.22. The molecule has 8 heteroatoms. The standard InChI is InChI=1S/C17H19N3O5/c1-9-14(11(3)19-22)16(15(10(2)18-9)17(21)25-4)12-6-5-7-13(8-12)20(23)24/h5-8,16,19,22H,1-4H3/b14-11+. The highest BCUT2D eigenvalue weighted by atomic mass is 16.6. The molecule has 1 unspecified atom stereocenters. The van der Waals surface area contributed by atoms with Gasteiger partial charge in [-0.15, -0.1) is 0 Å². The second kappa shape index (κ2) is 7.27. The predicted molar refractivity (Wildman–Crippen MR) is 91.3 cm³/mol. The predicted octanol–water partition coefficient (Wildman–Crippen LogP) is 2.85. The van der Waals surface area contributed by atoms with Crippen LogP contribution in [0.1, 0.15) is 32.3 Å². The van der Waals surface area contributed by atoms with E-state index in [1.165, 1.54) is 19.2 Å². The lowest BCUT2D eigenvalue weighted by molar-refractivity contribution is -0.384. The van der Waals surface area contributed by atoms with Gasteiger partial charge in [0, 0.05) is 40.7 Å². The molecule has 0 saturated heterocycles. The van der Waals surface area contributed by atoms with E-state index in [2.05, 4.69) is 10.5 Å².